The molecule has 5 heteroatoms. The van der Waals surface area contributed by atoms with Gasteiger partial charge in [0.15, 0.2) is 5.96 Å². The fourth-order valence-corrected chi connectivity index (χ4v) is 2.21. The van der Waals surface area contributed by atoms with Crippen molar-refractivity contribution in [1.82, 2.24) is 10.6 Å². The van der Waals surface area contributed by atoms with Crippen molar-refractivity contribution in [3.05, 3.63) is 0 Å². The van der Waals surface area contributed by atoms with Gasteiger partial charge < -0.3 is 20.5 Å². The standard InChI is InChI=1S/C15H33N3O2/c1-5-9-15(19,10-6-2)13-18-14(16-7-3)17-11-8-12-20-4/h19H,5-13H2,1-4H3,(H2,16,17,18). The monoisotopic (exact) mass is 287 g/mol. The molecule has 0 aromatic rings. The topological polar surface area (TPSA) is 65.9 Å². The van der Waals surface area contributed by atoms with Crippen LogP contribution in [0.1, 0.15) is 52.9 Å². The third kappa shape index (κ3) is 9.15. The Labute approximate surface area is 124 Å². The van der Waals surface area contributed by atoms with Gasteiger partial charge in [0.05, 0.1) is 12.1 Å². The van der Waals surface area contributed by atoms with Crippen LogP contribution in [0.5, 0.6) is 0 Å². The highest BCUT2D eigenvalue weighted by molar-refractivity contribution is 5.79. The molecular weight excluding hydrogens is 254 g/mol. The summed E-state index contributed by atoms with van der Waals surface area (Å²) >= 11 is 0. The molecule has 0 aliphatic rings. The van der Waals surface area contributed by atoms with E-state index < -0.39 is 5.60 Å². The van der Waals surface area contributed by atoms with Gasteiger partial charge >= 0.3 is 0 Å². The summed E-state index contributed by atoms with van der Waals surface area (Å²) in [4.78, 5) is 4.52. The molecule has 0 aromatic carbocycles. The first-order valence-electron chi connectivity index (χ1n) is 7.85. The van der Waals surface area contributed by atoms with Crippen molar-refractivity contribution in [1.29, 1.82) is 0 Å². The maximum absolute atomic E-state index is 10.6. The summed E-state index contributed by atoms with van der Waals surface area (Å²) in [6.45, 7) is 9.06. The molecule has 0 saturated carbocycles. The minimum Gasteiger partial charge on any atom is -0.388 e. The molecule has 0 bridgehead atoms. The number of ether oxygens (including phenoxy) is 1. The van der Waals surface area contributed by atoms with Crippen LogP contribution < -0.4 is 10.6 Å². The Bertz CT molecular complexity index is 252. The second kappa shape index (κ2) is 12.0. The normalized spacial score (nSPS) is 12.6. The van der Waals surface area contributed by atoms with Crippen molar-refractivity contribution >= 4 is 5.96 Å². The predicted octanol–water partition coefficient (Wildman–Crippen LogP) is 1.91. The zero-order valence-corrected chi connectivity index (χ0v) is 13.7. The molecule has 0 fully saturated rings. The number of hydrogen-bond acceptors (Lipinski definition) is 3. The average Bonchev–Trinajstić information content (AvgIpc) is 2.41. The first-order chi connectivity index (χ1) is 9.61. The lowest BCUT2D eigenvalue weighted by Gasteiger charge is -2.26. The van der Waals surface area contributed by atoms with Crippen molar-refractivity contribution < 1.29 is 9.84 Å². The molecule has 0 unspecified atom stereocenters. The predicted molar refractivity (Wildman–Crippen MR) is 85.2 cm³/mol. The van der Waals surface area contributed by atoms with Gasteiger partial charge in [-0.25, -0.2) is 0 Å². The molecule has 0 aliphatic carbocycles. The Balaban J connectivity index is 4.40. The van der Waals surface area contributed by atoms with E-state index in [4.69, 9.17) is 4.74 Å². The second-order valence-electron chi connectivity index (χ2n) is 5.19. The Morgan fingerprint density at radius 2 is 1.80 bits per heavy atom. The molecule has 0 radical (unpaired) electrons. The number of nitrogens with zero attached hydrogens (tertiary/aromatic N) is 1. The van der Waals surface area contributed by atoms with Crippen molar-refractivity contribution in [3.63, 3.8) is 0 Å². The number of nitrogens with one attached hydrogen (secondary N) is 2. The lowest BCUT2D eigenvalue weighted by molar-refractivity contribution is 0.0306. The van der Waals surface area contributed by atoms with E-state index in [0.717, 1.165) is 57.8 Å². The van der Waals surface area contributed by atoms with E-state index in [1.54, 1.807) is 7.11 Å². The van der Waals surface area contributed by atoms with E-state index in [2.05, 4.69) is 29.5 Å². The summed E-state index contributed by atoms with van der Waals surface area (Å²) in [6, 6.07) is 0. The van der Waals surface area contributed by atoms with Crippen LogP contribution in [-0.4, -0.2) is 50.0 Å². The SMILES string of the molecule is CCCC(O)(CCC)CN=C(NCC)NCCCOC. The highest BCUT2D eigenvalue weighted by Crippen LogP contribution is 2.19. The summed E-state index contributed by atoms with van der Waals surface area (Å²) in [6.07, 6.45) is 4.49. The summed E-state index contributed by atoms with van der Waals surface area (Å²) < 4.78 is 5.02. The molecule has 0 saturated heterocycles. The quantitative estimate of drug-likeness (QED) is 0.308. The fraction of sp³-hybridized carbons (Fsp3) is 0.933. The second-order valence-corrected chi connectivity index (χ2v) is 5.19. The molecular formula is C15H33N3O2. The zero-order chi connectivity index (χ0) is 15.3. The van der Waals surface area contributed by atoms with E-state index in [1.807, 2.05) is 6.92 Å². The molecule has 120 valence electrons. The number of rotatable bonds is 11. The molecule has 0 spiro atoms. The van der Waals surface area contributed by atoms with Crippen LogP contribution in [0, 0.1) is 0 Å². The third-order valence-electron chi connectivity index (χ3n) is 3.12. The Hall–Kier alpha value is -0.810. The molecule has 20 heavy (non-hydrogen) atoms. The van der Waals surface area contributed by atoms with E-state index in [-0.39, 0.29) is 0 Å². The van der Waals surface area contributed by atoms with Gasteiger partial charge in [-0.15, -0.1) is 0 Å². The number of aliphatic imine (C=N–C) groups is 1. The van der Waals surface area contributed by atoms with Gasteiger partial charge in [-0.05, 0) is 26.2 Å². The van der Waals surface area contributed by atoms with Crippen molar-refractivity contribution in [2.24, 2.45) is 4.99 Å². The lowest BCUT2D eigenvalue weighted by atomic mass is 9.93. The highest BCUT2D eigenvalue weighted by atomic mass is 16.5. The van der Waals surface area contributed by atoms with Gasteiger partial charge in [0, 0.05) is 26.8 Å². The number of hydrogen-bond donors (Lipinski definition) is 3. The van der Waals surface area contributed by atoms with E-state index >= 15 is 0 Å². The van der Waals surface area contributed by atoms with Crippen LogP contribution in [0.3, 0.4) is 0 Å². The van der Waals surface area contributed by atoms with Crippen LogP contribution in [0.25, 0.3) is 0 Å². The summed E-state index contributed by atoms with van der Waals surface area (Å²) in [5, 5.41) is 17.0. The van der Waals surface area contributed by atoms with Gasteiger partial charge in [0.25, 0.3) is 0 Å². The van der Waals surface area contributed by atoms with Crippen LogP contribution in [0.4, 0.5) is 0 Å². The third-order valence-corrected chi connectivity index (χ3v) is 3.12. The van der Waals surface area contributed by atoms with E-state index in [9.17, 15) is 5.11 Å². The van der Waals surface area contributed by atoms with Crippen LogP contribution in [-0.2, 0) is 4.74 Å². The first kappa shape index (κ1) is 19.2. The molecule has 5 nitrogen and oxygen atoms in total. The number of aliphatic hydroxyl groups is 1. The van der Waals surface area contributed by atoms with Crippen molar-refractivity contribution in [2.45, 2.75) is 58.5 Å². The Morgan fingerprint density at radius 3 is 2.30 bits per heavy atom. The lowest BCUT2D eigenvalue weighted by Crippen LogP contribution is -2.40. The van der Waals surface area contributed by atoms with Gasteiger partial charge in [-0.1, -0.05) is 26.7 Å². The average molecular weight is 287 g/mol. The largest absolute Gasteiger partial charge is 0.388 e. The molecule has 0 aromatic heterocycles. The minimum atomic E-state index is -0.668. The molecule has 0 amide bonds. The number of guanidine groups is 1. The van der Waals surface area contributed by atoms with Gasteiger partial charge in [-0.3, -0.25) is 4.99 Å². The minimum absolute atomic E-state index is 0.453. The van der Waals surface area contributed by atoms with Crippen LogP contribution >= 0.6 is 0 Å². The van der Waals surface area contributed by atoms with Crippen LogP contribution in [0.2, 0.25) is 0 Å². The van der Waals surface area contributed by atoms with Gasteiger partial charge in [-0.2, -0.15) is 0 Å². The maximum Gasteiger partial charge on any atom is 0.191 e. The number of methoxy groups -OCH3 is 1. The van der Waals surface area contributed by atoms with E-state index in [1.165, 1.54) is 0 Å². The van der Waals surface area contributed by atoms with Gasteiger partial charge in [0.1, 0.15) is 0 Å². The molecule has 3 N–H and O–H groups in total. The maximum atomic E-state index is 10.6. The molecule has 0 rings (SSSR count). The van der Waals surface area contributed by atoms with Crippen molar-refractivity contribution in [2.75, 3.05) is 33.4 Å². The molecule has 0 aliphatic heterocycles. The van der Waals surface area contributed by atoms with Crippen LogP contribution in [0.15, 0.2) is 4.99 Å². The van der Waals surface area contributed by atoms with Crippen molar-refractivity contribution in [3.8, 4) is 0 Å². The summed E-state index contributed by atoms with van der Waals surface area (Å²) in [7, 11) is 1.70. The summed E-state index contributed by atoms with van der Waals surface area (Å²) in [5.74, 6) is 0.772. The zero-order valence-electron chi connectivity index (χ0n) is 13.7. The molecule has 0 heterocycles. The highest BCUT2D eigenvalue weighted by Gasteiger charge is 2.24. The smallest absolute Gasteiger partial charge is 0.191 e. The fourth-order valence-electron chi connectivity index (χ4n) is 2.21. The Morgan fingerprint density at radius 1 is 1.15 bits per heavy atom. The Kier molecular flexibility index (Phi) is 11.5. The summed E-state index contributed by atoms with van der Waals surface area (Å²) in [5.41, 5.74) is -0.668. The first-order valence-corrected chi connectivity index (χ1v) is 7.85. The van der Waals surface area contributed by atoms with E-state index in [0.29, 0.717) is 6.54 Å². The molecule has 0 atom stereocenters. The van der Waals surface area contributed by atoms with Gasteiger partial charge in [0.2, 0.25) is 0 Å².